The molecule has 5 rings (SSSR count). The second-order valence-electron chi connectivity index (χ2n) is 9.68. The van der Waals surface area contributed by atoms with Gasteiger partial charge >= 0.3 is 6.08 Å². The second-order valence-corrected chi connectivity index (χ2v) is 9.68. The maximum atomic E-state index is 14.2. The Morgan fingerprint density at radius 3 is 2.39 bits per heavy atom. The zero-order chi connectivity index (χ0) is 28.9. The van der Waals surface area contributed by atoms with E-state index in [1.165, 1.54) is 12.1 Å². The Morgan fingerprint density at radius 2 is 1.63 bits per heavy atom. The number of imidazole rings is 1. The summed E-state index contributed by atoms with van der Waals surface area (Å²) in [5.74, 6) is -2.46. The van der Waals surface area contributed by atoms with Crippen molar-refractivity contribution in [3.05, 3.63) is 114 Å². The average Bonchev–Trinajstić information content (AvgIpc) is 3.38. The highest BCUT2D eigenvalue weighted by atomic mass is 19.3. The van der Waals surface area contributed by atoms with E-state index in [1.54, 1.807) is 6.07 Å². The summed E-state index contributed by atoms with van der Waals surface area (Å²) in [6.45, 7) is 2.88. The number of pyridine rings is 1. The molecule has 0 atom stereocenters. The van der Waals surface area contributed by atoms with E-state index in [2.05, 4.69) is 9.97 Å². The smallest absolute Gasteiger partial charge is 0.301 e. The van der Waals surface area contributed by atoms with Gasteiger partial charge in [0.15, 0.2) is 23.3 Å². The molecular formula is C32H26F5N3O. The van der Waals surface area contributed by atoms with E-state index in [0.29, 0.717) is 36.7 Å². The van der Waals surface area contributed by atoms with Crippen molar-refractivity contribution in [3.8, 4) is 39.7 Å². The largest absolute Gasteiger partial charge is 0.494 e. The molecule has 0 spiro atoms. The highest BCUT2D eigenvalue weighted by molar-refractivity contribution is 5.69. The molecule has 41 heavy (non-hydrogen) atoms. The summed E-state index contributed by atoms with van der Waals surface area (Å²) >= 11 is 0. The van der Waals surface area contributed by atoms with Crippen LogP contribution in [0.25, 0.3) is 33.9 Å². The van der Waals surface area contributed by atoms with E-state index < -0.39 is 23.5 Å². The number of aryl methyl sites for hydroxylation is 1. The molecule has 0 amide bonds. The van der Waals surface area contributed by atoms with E-state index in [9.17, 15) is 22.0 Å². The molecule has 0 N–H and O–H groups in total. The van der Waals surface area contributed by atoms with Crippen LogP contribution in [0.4, 0.5) is 22.0 Å². The Hall–Kier alpha value is -4.53. The van der Waals surface area contributed by atoms with Crippen LogP contribution in [-0.4, -0.2) is 21.1 Å². The molecule has 4 nitrogen and oxygen atoms in total. The fourth-order valence-electron chi connectivity index (χ4n) is 4.56. The van der Waals surface area contributed by atoms with Crippen molar-refractivity contribution in [1.82, 2.24) is 14.5 Å². The zero-order valence-corrected chi connectivity index (χ0v) is 22.2. The molecular weight excluding hydrogens is 537 g/mol. The summed E-state index contributed by atoms with van der Waals surface area (Å²) in [5.41, 5.74) is 5.37. The predicted octanol–water partition coefficient (Wildman–Crippen LogP) is 8.98. The number of allylic oxidation sites excluding steroid dienone is 1. The molecule has 0 aliphatic carbocycles. The maximum absolute atomic E-state index is 14.2. The van der Waals surface area contributed by atoms with Gasteiger partial charge in [-0.2, -0.15) is 8.78 Å². The minimum Gasteiger partial charge on any atom is -0.494 e. The Bertz CT molecular complexity index is 1660. The number of aromatic nitrogens is 3. The third-order valence-electron chi connectivity index (χ3n) is 6.71. The first-order valence-corrected chi connectivity index (χ1v) is 13.1. The quantitative estimate of drug-likeness (QED) is 0.126. The van der Waals surface area contributed by atoms with Crippen LogP contribution >= 0.6 is 0 Å². The molecule has 210 valence electrons. The first-order chi connectivity index (χ1) is 19.8. The monoisotopic (exact) mass is 563 g/mol. The number of nitrogens with zero attached hydrogens (tertiary/aromatic N) is 3. The zero-order valence-electron chi connectivity index (χ0n) is 22.2. The number of benzene rings is 3. The third-order valence-corrected chi connectivity index (χ3v) is 6.71. The molecule has 2 aliphatic heterocycles. The van der Waals surface area contributed by atoms with Gasteiger partial charge in [-0.1, -0.05) is 36.4 Å². The number of hydrogen-bond donors (Lipinski definition) is 0. The van der Waals surface area contributed by atoms with Gasteiger partial charge in [0.2, 0.25) is 0 Å². The van der Waals surface area contributed by atoms with Crippen molar-refractivity contribution in [2.24, 2.45) is 0 Å². The lowest BCUT2D eigenvalue weighted by molar-refractivity contribution is 0.302. The van der Waals surface area contributed by atoms with Gasteiger partial charge in [0.1, 0.15) is 11.4 Å². The van der Waals surface area contributed by atoms with Gasteiger partial charge in [0, 0.05) is 25.4 Å². The second kappa shape index (κ2) is 12.3. The average molecular weight is 564 g/mol. The van der Waals surface area contributed by atoms with Gasteiger partial charge in [-0.05, 0) is 72.4 Å². The number of unbranched alkanes of at least 4 members (excludes halogenated alkanes) is 1. The summed E-state index contributed by atoms with van der Waals surface area (Å²) < 4.78 is 72.6. The minimum absolute atomic E-state index is 0.0237. The SMILES string of the molecule is Cc1cc(OCCCCC(F)=C(F)F)ccc1-c1ccc(Cn2ccc3nc(-c4cccc(F)c4F)nc-3c2)cc1. The predicted molar refractivity (Wildman–Crippen MR) is 147 cm³/mol. The fourth-order valence-corrected chi connectivity index (χ4v) is 4.56. The topological polar surface area (TPSA) is 39.9 Å². The molecule has 3 aromatic carbocycles. The van der Waals surface area contributed by atoms with Crippen LogP contribution in [0.2, 0.25) is 0 Å². The number of hydrogen-bond acceptors (Lipinski definition) is 3. The molecule has 0 unspecified atom stereocenters. The van der Waals surface area contributed by atoms with Crippen LogP contribution in [0.1, 0.15) is 30.4 Å². The van der Waals surface area contributed by atoms with Gasteiger partial charge < -0.3 is 9.30 Å². The molecule has 3 aromatic rings. The van der Waals surface area contributed by atoms with E-state index in [1.807, 2.05) is 66.3 Å². The van der Waals surface area contributed by atoms with Gasteiger partial charge in [0.05, 0.1) is 17.9 Å². The van der Waals surface area contributed by atoms with Crippen LogP contribution in [-0.2, 0) is 6.54 Å². The van der Waals surface area contributed by atoms with Gasteiger partial charge in [-0.15, -0.1) is 0 Å². The molecule has 2 aliphatic rings. The number of halogens is 5. The standard InChI is InChI=1S/C32H26F5N3O/c1-20-17-23(41-16-3-2-6-27(34)31(36)37)12-13-24(20)22-10-8-21(9-11-22)18-40-15-14-28-29(19-40)39-32(38-28)25-5-4-7-26(33)30(25)35/h4-5,7-15,17,19H,2-3,6,16,18H2,1H3. The first kappa shape index (κ1) is 28.0. The summed E-state index contributed by atoms with van der Waals surface area (Å²) in [6, 6.07) is 19.6. The van der Waals surface area contributed by atoms with Crippen molar-refractivity contribution in [3.63, 3.8) is 0 Å². The van der Waals surface area contributed by atoms with E-state index in [4.69, 9.17) is 4.74 Å². The third kappa shape index (κ3) is 6.62. The fraction of sp³-hybridized carbons (Fsp3) is 0.188. The summed E-state index contributed by atoms with van der Waals surface area (Å²) in [4.78, 5) is 8.75. The van der Waals surface area contributed by atoms with E-state index >= 15 is 0 Å². The lowest BCUT2D eigenvalue weighted by atomic mass is 9.99. The summed E-state index contributed by atoms with van der Waals surface area (Å²) in [5, 5.41) is 0. The molecule has 0 saturated heterocycles. The van der Waals surface area contributed by atoms with E-state index in [-0.39, 0.29) is 24.2 Å². The number of fused-ring (bicyclic) bond motifs is 1. The van der Waals surface area contributed by atoms with Gasteiger partial charge in [-0.25, -0.2) is 23.1 Å². The highest BCUT2D eigenvalue weighted by Gasteiger charge is 2.17. The van der Waals surface area contributed by atoms with Crippen molar-refractivity contribution in [1.29, 1.82) is 0 Å². The van der Waals surface area contributed by atoms with Crippen LogP contribution in [0.5, 0.6) is 5.75 Å². The Kier molecular flexibility index (Phi) is 8.42. The summed E-state index contributed by atoms with van der Waals surface area (Å²) in [6.07, 6.45) is 1.91. The van der Waals surface area contributed by atoms with Crippen molar-refractivity contribution >= 4 is 0 Å². The highest BCUT2D eigenvalue weighted by Crippen LogP contribution is 2.29. The molecule has 0 fully saturated rings. The van der Waals surface area contributed by atoms with Crippen molar-refractivity contribution < 1.29 is 26.7 Å². The van der Waals surface area contributed by atoms with Crippen molar-refractivity contribution in [2.75, 3.05) is 6.61 Å². The lowest BCUT2D eigenvalue weighted by Crippen LogP contribution is -2.01. The normalized spacial score (nSPS) is 11.2. The Balaban J connectivity index is 1.21. The van der Waals surface area contributed by atoms with Crippen LogP contribution in [0.15, 0.2) is 91.0 Å². The van der Waals surface area contributed by atoms with Crippen LogP contribution in [0.3, 0.4) is 0 Å². The van der Waals surface area contributed by atoms with Crippen molar-refractivity contribution in [2.45, 2.75) is 32.7 Å². The first-order valence-electron chi connectivity index (χ1n) is 13.1. The molecule has 0 bridgehead atoms. The maximum Gasteiger partial charge on any atom is 0.301 e. The molecule has 0 saturated carbocycles. The van der Waals surface area contributed by atoms with Gasteiger partial charge in [0.25, 0.3) is 0 Å². The molecule has 9 heteroatoms. The minimum atomic E-state index is -2.26. The lowest BCUT2D eigenvalue weighted by Gasteiger charge is -2.12. The number of rotatable bonds is 10. The summed E-state index contributed by atoms with van der Waals surface area (Å²) in [7, 11) is 0. The number of ether oxygens (including phenoxy) is 1. The van der Waals surface area contributed by atoms with Gasteiger partial charge in [-0.3, -0.25) is 0 Å². The van der Waals surface area contributed by atoms with Crippen LogP contribution in [0, 0.1) is 18.6 Å². The van der Waals surface area contributed by atoms with E-state index in [0.717, 1.165) is 28.3 Å². The molecule has 0 aromatic heterocycles. The Morgan fingerprint density at radius 1 is 0.854 bits per heavy atom. The Labute approximate surface area is 234 Å². The van der Waals surface area contributed by atoms with Crippen LogP contribution < -0.4 is 4.74 Å². The molecule has 2 heterocycles. The molecule has 0 radical (unpaired) electrons.